The molecule has 0 saturated carbocycles. The van der Waals surface area contributed by atoms with Gasteiger partial charge in [0.2, 0.25) is 0 Å². The Morgan fingerprint density at radius 1 is 1.54 bits per heavy atom. The van der Waals surface area contributed by atoms with Crippen molar-refractivity contribution in [2.45, 2.75) is 12.5 Å². The maximum absolute atomic E-state index is 8.71. The van der Waals surface area contributed by atoms with Crippen LogP contribution >= 0.6 is 34.2 Å². The Morgan fingerprint density at radius 3 is 2.77 bits per heavy atom. The zero-order chi connectivity index (χ0) is 9.84. The van der Waals surface area contributed by atoms with Crippen LogP contribution < -0.4 is 5.73 Å². The zero-order valence-corrected chi connectivity index (χ0v) is 9.92. The molecule has 3 N–H and O–H groups in total. The van der Waals surface area contributed by atoms with Crippen LogP contribution in [0.5, 0.6) is 0 Å². The molecule has 0 aliphatic heterocycles. The summed E-state index contributed by atoms with van der Waals surface area (Å²) in [4.78, 5) is 0. The SMILES string of the molecule is NC(CCO)c1ccc(Cl)c(I)c1. The lowest BCUT2D eigenvalue weighted by Gasteiger charge is -2.10. The van der Waals surface area contributed by atoms with E-state index in [0.717, 1.165) is 14.2 Å². The van der Waals surface area contributed by atoms with Crippen LogP contribution in [0.1, 0.15) is 18.0 Å². The lowest BCUT2D eigenvalue weighted by Crippen LogP contribution is -2.11. The number of aliphatic hydroxyl groups excluding tert-OH is 1. The van der Waals surface area contributed by atoms with Crippen LogP contribution in [0.2, 0.25) is 5.02 Å². The van der Waals surface area contributed by atoms with E-state index in [2.05, 4.69) is 22.6 Å². The molecule has 0 radical (unpaired) electrons. The number of rotatable bonds is 3. The van der Waals surface area contributed by atoms with Crippen LogP contribution in [0.15, 0.2) is 18.2 Å². The van der Waals surface area contributed by atoms with Gasteiger partial charge in [-0.15, -0.1) is 0 Å². The minimum Gasteiger partial charge on any atom is -0.396 e. The molecule has 2 nitrogen and oxygen atoms in total. The van der Waals surface area contributed by atoms with E-state index in [9.17, 15) is 0 Å². The molecule has 0 bridgehead atoms. The predicted octanol–water partition coefficient (Wildman–Crippen LogP) is 2.33. The molecular weight excluding hydrogens is 300 g/mol. The van der Waals surface area contributed by atoms with Gasteiger partial charge >= 0.3 is 0 Å². The van der Waals surface area contributed by atoms with E-state index in [4.69, 9.17) is 22.4 Å². The highest BCUT2D eigenvalue weighted by molar-refractivity contribution is 14.1. The van der Waals surface area contributed by atoms with E-state index in [0.29, 0.717) is 6.42 Å². The minimum absolute atomic E-state index is 0.101. The van der Waals surface area contributed by atoms with Crippen LogP contribution in [-0.4, -0.2) is 11.7 Å². The second kappa shape index (κ2) is 5.14. The smallest absolute Gasteiger partial charge is 0.0539 e. The van der Waals surface area contributed by atoms with Crippen molar-refractivity contribution >= 4 is 34.2 Å². The molecule has 13 heavy (non-hydrogen) atoms. The van der Waals surface area contributed by atoms with Crippen molar-refractivity contribution in [2.75, 3.05) is 6.61 Å². The van der Waals surface area contributed by atoms with Crippen molar-refractivity contribution in [1.29, 1.82) is 0 Å². The van der Waals surface area contributed by atoms with Gasteiger partial charge in [-0.2, -0.15) is 0 Å². The molecule has 0 aliphatic rings. The minimum atomic E-state index is -0.101. The van der Waals surface area contributed by atoms with Crippen molar-refractivity contribution in [3.63, 3.8) is 0 Å². The Balaban J connectivity index is 2.84. The second-order valence-corrected chi connectivity index (χ2v) is 4.36. The van der Waals surface area contributed by atoms with Gasteiger partial charge in [-0.3, -0.25) is 0 Å². The average Bonchev–Trinajstić information content (AvgIpc) is 2.10. The van der Waals surface area contributed by atoms with Crippen molar-refractivity contribution in [1.82, 2.24) is 0 Å². The maximum Gasteiger partial charge on any atom is 0.0539 e. The Hall–Kier alpha value is 0.160. The quantitative estimate of drug-likeness (QED) is 0.842. The largest absolute Gasteiger partial charge is 0.396 e. The molecule has 1 unspecified atom stereocenters. The third kappa shape index (κ3) is 3.09. The summed E-state index contributed by atoms with van der Waals surface area (Å²) < 4.78 is 0.991. The molecule has 1 atom stereocenters. The number of hydrogen-bond donors (Lipinski definition) is 2. The Kier molecular flexibility index (Phi) is 4.45. The number of hydrogen-bond acceptors (Lipinski definition) is 2. The van der Waals surface area contributed by atoms with Gasteiger partial charge in [-0.1, -0.05) is 17.7 Å². The summed E-state index contributed by atoms with van der Waals surface area (Å²) in [6, 6.07) is 5.57. The lowest BCUT2D eigenvalue weighted by molar-refractivity contribution is 0.276. The van der Waals surface area contributed by atoms with Crippen molar-refractivity contribution < 1.29 is 5.11 Å². The monoisotopic (exact) mass is 311 g/mol. The number of halogens is 2. The van der Waals surface area contributed by atoms with E-state index in [1.807, 2.05) is 18.2 Å². The highest BCUT2D eigenvalue weighted by Gasteiger charge is 2.06. The average molecular weight is 312 g/mol. The summed E-state index contributed by atoms with van der Waals surface area (Å²) in [5, 5.41) is 9.45. The summed E-state index contributed by atoms with van der Waals surface area (Å²) in [7, 11) is 0. The molecule has 4 heteroatoms. The van der Waals surface area contributed by atoms with E-state index < -0.39 is 0 Å². The van der Waals surface area contributed by atoms with E-state index in [1.165, 1.54) is 0 Å². The summed E-state index contributed by atoms with van der Waals surface area (Å²) >= 11 is 8.03. The fourth-order valence-electron chi connectivity index (χ4n) is 1.05. The molecule has 0 heterocycles. The topological polar surface area (TPSA) is 46.2 Å². The van der Waals surface area contributed by atoms with Crippen LogP contribution in [0, 0.1) is 3.57 Å². The summed E-state index contributed by atoms with van der Waals surface area (Å²) in [5.74, 6) is 0. The van der Waals surface area contributed by atoms with Crippen molar-refractivity contribution in [3.05, 3.63) is 32.4 Å². The summed E-state index contributed by atoms with van der Waals surface area (Å²) in [6.07, 6.45) is 0.581. The summed E-state index contributed by atoms with van der Waals surface area (Å²) in [6.45, 7) is 0.111. The fraction of sp³-hybridized carbons (Fsp3) is 0.333. The molecule has 1 rings (SSSR count). The van der Waals surface area contributed by atoms with Crippen LogP contribution in [-0.2, 0) is 0 Å². The first-order valence-electron chi connectivity index (χ1n) is 3.96. The molecule has 0 fully saturated rings. The Bertz CT molecular complexity index is 293. The summed E-state index contributed by atoms with van der Waals surface area (Å²) in [5.41, 5.74) is 6.83. The molecule has 0 aliphatic carbocycles. The van der Waals surface area contributed by atoms with Gasteiger partial charge in [0.1, 0.15) is 0 Å². The van der Waals surface area contributed by atoms with Crippen LogP contribution in [0.25, 0.3) is 0 Å². The van der Waals surface area contributed by atoms with Crippen LogP contribution in [0.4, 0.5) is 0 Å². The Labute approximate surface area is 96.2 Å². The third-order valence-corrected chi connectivity index (χ3v) is 3.35. The first kappa shape index (κ1) is 11.2. The number of nitrogens with two attached hydrogens (primary N) is 1. The predicted molar refractivity (Wildman–Crippen MR) is 62.8 cm³/mol. The van der Waals surface area contributed by atoms with Crippen LogP contribution in [0.3, 0.4) is 0 Å². The van der Waals surface area contributed by atoms with Crippen molar-refractivity contribution in [2.24, 2.45) is 5.73 Å². The molecule has 1 aromatic rings. The standard InChI is InChI=1S/C9H11ClINO/c10-7-2-1-6(5-8(7)11)9(12)3-4-13/h1-2,5,9,13H,3-4,12H2. The second-order valence-electron chi connectivity index (χ2n) is 2.79. The maximum atomic E-state index is 8.71. The molecule has 0 saturated heterocycles. The van der Waals surface area contributed by atoms with Crippen molar-refractivity contribution in [3.8, 4) is 0 Å². The van der Waals surface area contributed by atoms with Gasteiger partial charge < -0.3 is 10.8 Å². The first-order valence-corrected chi connectivity index (χ1v) is 5.42. The van der Waals surface area contributed by atoms with Gasteiger partial charge in [0, 0.05) is 16.2 Å². The third-order valence-electron chi connectivity index (χ3n) is 1.81. The number of aliphatic hydroxyl groups is 1. The molecular formula is C9H11ClINO. The fourth-order valence-corrected chi connectivity index (χ4v) is 1.71. The molecule has 0 spiro atoms. The van der Waals surface area contributed by atoms with E-state index in [-0.39, 0.29) is 12.6 Å². The molecule has 0 amide bonds. The van der Waals surface area contributed by atoms with Gasteiger partial charge in [-0.05, 0) is 46.7 Å². The molecule has 0 aromatic heterocycles. The van der Waals surface area contributed by atoms with Gasteiger partial charge in [-0.25, -0.2) is 0 Å². The molecule has 72 valence electrons. The molecule has 1 aromatic carbocycles. The number of benzene rings is 1. The Morgan fingerprint density at radius 2 is 2.23 bits per heavy atom. The highest BCUT2D eigenvalue weighted by Crippen LogP contribution is 2.23. The van der Waals surface area contributed by atoms with Gasteiger partial charge in [0.15, 0.2) is 0 Å². The van der Waals surface area contributed by atoms with Gasteiger partial charge in [0.25, 0.3) is 0 Å². The highest BCUT2D eigenvalue weighted by atomic mass is 127. The lowest BCUT2D eigenvalue weighted by atomic mass is 10.1. The normalized spacial score (nSPS) is 12.9. The van der Waals surface area contributed by atoms with Gasteiger partial charge in [0.05, 0.1) is 5.02 Å². The zero-order valence-electron chi connectivity index (χ0n) is 7.00. The first-order chi connectivity index (χ1) is 6.15. The van der Waals surface area contributed by atoms with E-state index >= 15 is 0 Å². The van der Waals surface area contributed by atoms with E-state index in [1.54, 1.807) is 0 Å².